The molecule has 0 amide bonds. The highest BCUT2D eigenvalue weighted by molar-refractivity contribution is 5.71. The Hall–Kier alpha value is -1.59. The lowest BCUT2D eigenvalue weighted by molar-refractivity contribution is -0.148. The molecule has 0 spiro atoms. The minimum atomic E-state index is -1.54. The summed E-state index contributed by atoms with van der Waals surface area (Å²) < 4.78 is 57.7. The number of benzene rings is 1. The van der Waals surface area contributed by atoms with E-state index in [1.165, 1.54) is 13.8 Å². The molecule has 0 fully saturated rings. The highest BCUT2D eigenvalue weighted by Crippen LogP contribution is 2.24. The summed E-state index contributed by atoms with van der Waals surface area (Å²) in [5, 5.41) is 0. The van der Waals surface area contributed by atoms with Gasteiger partial charge in [-0.2, -0.15) is 0 Å². The Balaban J connectivity index is 3.07. The van der Waals surface area contributed by atoms with E-state index in [2.05, 4.69) is 4.74 Å². The van der Waals surface area contributed by atoms with Crippen LogP contribution >= 0.6 is 0 Å². The number of halogens is 4. The fourth-order valence-electron chi connectivity index (χ4n) is 1.22. The largest absolute Gasteiger partial charge is 0.460 e. The van der Waals surface area contributed by atoms with Crippen LogP contribution in [0.25, 0.3) is 0 Å². The highest BCUT2D eigenvalue weighted by Gasteiger charge is 2.24. The topological polar surface area (TPSA) is 26.3 Å². The van der Waals surface area contributed by atoms with E-state index in [1.807, 2.05) is 0 Å². The van der Waals surface area contributed by atoms with Crippen molar-refractivity contribution in [2.24, 2.45) is 5.92 Å². The molecule has 1 rings (SSSR count). The van der Waals surface area contributed by atoms with Crippen LogP contribution in [0.15, 0.2) is 0 Å². The van der Waals surface area contributed by atoms with Gasteiger partial charge in [-0.25, -0.2) is 17.6 Å². The van der Waals surface area contributed by atoms with E-state index < -0.39 is 52.9 Å². The van der Waals surface area contributed by atoms with E-state index in [0.717, 1.165) is 6.92 Å². The van der Waals surface area contributed by atoms with Crippen LogP contribution in [-0.4, -0.2) is 5.97 Å². The molecule has 1 aromatic carbocycles. The maximum atomic E-state index is 13.4. The van der Waals surface area contributed by atoms with E-state index in [9.17, 15) is 22.4 Å². The summed E-state index contributed by atoms with van der Waals surface area (Å²) in [5.41, 5.74) is -1.67. The molecule has 0 N–H and O–H groups in total. The van der Waals surface area contributed by atoms with Gasteiger partial charge in [0.05, 0.1) is 11.5 Å². The fourth-order valence-corrected chi connectivity index (χ4v) is 1.22. The van der Waals surface area contributed by atoms with Gasteiger partial charge < -0.3 is 4.74 Å². The first kappa shape index (κ1) is 14.5. The molecule has 2 nitrogen and oxygen atoms in total. The Morgan fingerprint density at radius 1 is 1.06 bits per heavy atom. The van der Waals surface area contributed by atoms with Crippen molar-refractivity contribution in [3.05, 3.63) is 34.4 Å². The molecule has 0 aliphatic rings. The minimum absolute atomic E-state index is 0.503. The van der Waals surface area contributed by atoms with E-state index >= 15 is 0 Å². The summed E-state index contributed by atoms with van der Waals surface area (Å²) >= 11 is 0. The number of carbonyl (C=O) groups is 1. The zero-order valence-electron chi connectivity index (χ0n) is 10.1. The Bertz CT molecular complexity index is 454. The Kier molecular flexibility index (Phi) is 4.32. The van der Waals surface area contributed by atoms with Crippen molar-refractivity contribution < 1.29 is 27.1 Å². The van der Waals surface area contributed by atoms with Crippen molar-refractivity contribution in [2.75, 3.05) is 0 Å². The first-order valence-electron chi connectivity index (χ1n) is 5.25. The van der Waals surface area contributed by atoms with E-state index in [1.54, 1.807) is 0 Å². The average molecular weight is 264 g/mol. The van der Waals surface area contributed by atoms with Crippen molar-refractivity contribution >= 4 is 5.97 Å². The lowest BCUT2D eigenvalue weighted by atomic mass is 10.1. The zero-order chi connectivity index (χ0) is 14.0. The number of rotatable bonds is 3. The third kappa shape index (κ3) is 2.63. The molecule has 1 aromatic rings. The minimum Gasteiger partial charge on any atom is -0.460 e. The molecular weight excluding hydrogens is 252 g/mol. The molecule has 0 aliphatic carbocycles. The van der Waals surface area contributed by atoms with Gasteiger partial charge in [-0.05, 0) is 6.92 Å². The van der Waals surface area contributed by atoms with Gasteiger partial charge in [-0.3, -0.25) is 4.79 Å². The second-order valence-corrected chi connectivity index (χ2v) is 4.12. The van der Waals surface area contributed by atoms with E-state index in [-0.39, 0.29) is 0 Å². The molecule has 0 atom stereocenters. The van der Waals surface area contributed by atoms with Gasteiger partial charge >= 0.3 is 5.97 Å². The zero-order valence-corrected chi connectivity index (χ0v) is 10.1. The first-order chi connectivity index (χ1) is 8.27. The number of hydrogen-bond acceptors (Lipinski definition) is 2. The summed E-state index contributed by atoms with van der Waals surface area (Å²) in [6.45, 7) is 3.11. The summed E-state index contributed by atoms with van der Waals surface area (Å²) in [6.07, 6.45) is 0. The fraction of sp³-hybridized carbons (Fsp3) is 0.417. The Labute approximate surface area is 102 Å². The number of esters is 1. The van der Waals surface area contributed by atoms with Crippen LogP contribution in [0.5, 0.6) is 0 Å². The van der Waals surface area contributed by atoms with E-state index in [0.29, 0.717) is 0 Å². The van der Waals surface area contributed by atoms with Crippen molar-refractivity contribution in [1.29, 1.82) is 0 Å². The second kappa shape index (κ2) is 5.37. The van der Waals surface area contributed by atoms with Gasteiger partial charge in [-0.15, -0.1) is 0 Å². The van der Waals surface area contributed by atoms with Gasteiger partial charge in [0.25, 0.3) is 0 Å². The van der Waals surface area contributed by atoms with Crippen molar-refractivity contribution in [3.8, 4) is 0 Å². The van der Waals surface area contributed by atoms with Crippen LogP contribution in [0, 0.1) is 36.1 Å². The molecule has 0 saturated heterocycles. The Morgan fingerprint density at radius 3 is 1.89 bits per heavy atom. The smallest absolute Gasteiger partial charge is 0.308 e. The third-order valence-electron chi connectivity index (χ3n) is 2.40. The van der Waals surface area contributed by atoms with Gasteiger partial charge in [-0.1, -0.05) is 13.8 Å². The molecule has 18 heavy (non-hydrogen) atoms. The maximum absolute atomic E-state index is 13.4. The molecule has 0 aromatic heterocycles. The molecule has 100 valence electrons. The van der Waals surface area contributed by atoms with Gasteiger partial charge in [0.2, 0.25) is 0 Å². The van der Waals surface area contributed by atoms with Crippen LogP contribution in [0.4, 0.5) is 17.6 Å². The third-order valence-corrected chi connectivity index (χ3v) is 2.40. The Morgan fingerprint density at radius 2 is 1.50 bits per heavy atom. The summed E-state index contributed by atoms with van der Waals surface area (Å²) in [5.74, 6) is -7.26. The standard InChI is InChI=1S/C12H12F4O2/c1-5(2)12(17)18-4-7-10(15)8(13)6(3)9(14)11(7)16/h5H,4H2,1-3H3. The lowest BCUT2D eigenvalue weighted by Crippen LogP contribution is -2.14. The van der Waals surface area contributed by atoms with Crippen LogP contribution in [-0.2, 0) is 16.1 Å². The van der Waals surface area contributed by atoms with Crippen LogP contribution < -0.4 is 0 Å². The van der Waals surface area contributed by atoms with Crippen LogP contribution in [0.1, 0.15) is 25.0 Å². The lowest BCUT2D eigenvalue weighted by Gasteiger charge is -2.11. The predicted octanol–water partition coefficient (Wildman–Crippen LogP) is 3.25. The maximum Gasteiger partial charge on any atom is 0.308 e. The molecular formula is C12H12F4O2. The van der Waals surface area contributed by atoms with Crippen molar-refractivity contribution in [1.82, 2.24) is 0 Å². The highest BCUT2D eigenvalue weighted by atomic mass is 19.2. The van der Waals surface area contributed by atoms with E-state index in [4.69, 9.17) is 0 Å². The summed E-state index contributed by atoms with van der Waals surface area (Å²) in [4.78, 5) is 11.1. The molecule has 0 saturated carbocycles. The monoisotopic (exact) mass is 264 g/mol. The summed E-state index contributed by atoms with van der Waals surface area (Å²) in [6, 6.07) is 0. The quantitative estimate of drug-likeness (QED) is 0.476. The molecule has 0 radical (unpaired) electrons. The molecule has 0 aliphatic heterocycles. The molecule has 0 bridgehead atoms. The van der Waals surface area contributed by atoms with Gasteiger partial charge in [0.1, 0.15) is 6.61 Å². The SMILES string of the molecule is Cc1c(F)c(F)c(COC(=O)C(C)C)c(F)c1F. The van der Waals surface area contributed by atoms with Crippen LogP contribution in [0.3, 0.4) is 0 Å². The predicted molar refractivity (Wildman–Crippen MR) is 55.6 cm³/mol. The van der Waals surface area contributed by atoms with Gasteiger partial charge in [0, 0.05) is 5.56 Å². The van der Waals surface area contributed by atoms with Crippen molar-refractivity contribution in [2.45, 2.75) is 27.4 Å². The second-order valence-electron chi connectivity index (χ2n) is 4.12. The van der Waals surface area contributed by atoms with Crippen LogP contribution in [0.2, 0.25) is 0 Å². The number of hydrogen-bond donors (Lipinski definition) is 0. The normalized spacial score (nSPS) is 10.9. The molecule has 0 unspecified atom stereocenters. The number of carbonyl (C=O) groups excluding carboxylic acids is 1. The molecule has 6 heteroatoms. The first-order valence-corrected chi connectivity index (χ1v) is 5.25. The summed E-state index contributed by atoms with van der Waals surface area (Å²) in [7, 11) is 0. The van der Waals surface area contributed by atoms with Crippen molar-refractivity contribution in [3.63, 3.8) is 0 Å². The van der Waals surface area contributed by atoms with Gasteiger partial charge in [0.15, 0.2) is 23.3 Å². The molecule has 0 heterocycles. The average Bonchev–Trinajstić information content (AvgIpc) is 2.33. The number of ether oxygens (including phenoxy) is 1.